The van der Waals surface area contributed by atoms with Crippen LogP contribution in [0.1, 0.15) is 59.7 Å². The third kappa shape index (κ3) is 7.57. The third-order valence-electron chi connectivity index (χ3n) is 8.92. The number of thioether (sulfide) groups is 1. The topological polar surface area (TPSA) is 56.0 Å². The zero-order valence-electron chi connectivity index (χ0n) is 26.9. The van der Waals surface area contributed by atoms with Crippen LogP contribution in [0.15, 0.2) is 88.9 Å². The largest absolute Gasteiger partial charge is 0.416 e. The standard InChI is InChI=1S/C37H37F4N5OS/c1-3-44(4-2)22-31-20-42-34(45(31)21-25-8-12-27(13-9-25)28-14-16-29(17-15-28)37(39,40)41)23-46-33-7-5-6-32(33)35(47)43-36(46)48-24-26-10-18-30(38)19-11-26/h8-20H,3-7,21-24H2,1-2H3. The molecule has 0 saturated heterocycles. The number of hydrogen-bond acceptors (Lipinski definition) is 5. The predicted molar refractivity (Wildman–Crippen MR) is 180 cm³/mol. The second-order valence-corrected chi connectivity index (χ2v) is 12.9. The van der Waals surface area contributed by atoms with E-state index in [1.54, 1.807) is 12.1 Å². The number of imidazole rings is 1. The number of hydrogen-bond donors (Lipinski definition) is 0. The van der Waals surface area contributed by atoms with Crippen molar-refractivity contribution in [2.75, 3.05) is 13.1 Å². The van der Waals surface area contributed by atoms with Gasteiger partial charge in [0.05, 0.1) is 17.8 Å². The lowest BCUT2D eigenvalue weighted by molar-refractivity contribution is -0.137. The third-order valence-corrected chi connectivity index (χ3v) is 9.97. The van der Waals surface area contributed by atoms with Crippen molar-refractivity contribution >= 4 is 11.8 Å². The molecule has 0 amide bonds. The first-order valence-corrected chi connectivity index (χ1v) is 17.1. The van der Waals surface area contributed by atoms with Crippen molar-refractivity contribution in [2.45, 2.75) is 69.8 Å². The van der Waals surface area contributed by atoms with E-state index in [4.69, 9.17) is 4.98 Å². The summed E-state index contributed by atoms with van der Waals surface area (Å²) in [6.07, 6.45) is -0.0646. The van der Waals surface area contributed by atoms with Crippen molar-refractivity contribution < 1.29 is 17.6 Å². The second-order valence-electron chi connectivity index (χ2n) is 12.0. The predicted octanol–water partition coefficient (Wildman–Crippen LogP) is 7.98. The Morgan fingerprint density at radius 1 is 0.833 bits per heavy atom. The summed E-state index contributed by atoms with van der Waals surface area (Å²) < 4.78 is 57.1. The molecule has 0 saturated carbocycles. The van der Waals surface area contributed by atoms with Crippen LogP contribution in [-0.2, 0) is 44.4 Å². The molecule has 0 spiro atoms. The van der Waals surface area contributed by atoms with E-state index < -0.39 is 11.7 Å². The smallest absolute Gasteiger partial charge is 0.325 e. The van der Waals surface area contributed by atoms with Gasteiger partial charge in [0.1, 0.15) is 11.6 Å². The summed E-state index contributed by atoms with van der Waals surface area (Å²) in [6.45, 7) is 7.74. The molecule has 6 rings (SSSR count). The van der Waals surface area contributed by atoms with Gasteiger partial charge in [0, 0.05) is 36.3 Å². The molecule has 0 atom stereocenters. The summed E-state index contributed by atoms with van der Waals surface area (Å²) in [5.74, 6) is 1.09. The number of alkyl halides is 3. The Morgan fingerprint density at radius 2 is 1.48 bits per heavy atom. The molecule has 5 aromatic rings. The van der Waals surface area contributed by atoms with Crippen LogP contribution in [0.3, 0.4) is 0 Å². The molecule has 1 aliphatic carbocycles. The average Bonchev–Trinajstić information content (AvgIpc) is 3.73. The number of fused-ring (bicyclic) bond motifs is 1. The van der Waals surface area contributed by atoms with Crippen molar-refractivity contribution in [2.24, 2.45) is 0 Å². The molecule has 48 heavy (non-hydrogen) atoms. The lowest BCUT2D eigenvalue weighted by Gasteiger charge is -2.21. The average molecular weight is 676 g/mol. The molecule has 0 aliphatic heterocycles. The maximum Gasteiger partial charge on any atom is 0.416 e. The van der Waals surface area contributed by atoms with Gasteiger partial charge >= 0.3 is 6.18 Å². The molecule has 2 heterocycles. The summed E-state index contributed by atoms with van der Waals surface area (Å²) >= 11 is 1.46. The molecule has 3 aromatic carbocycles. The summed E-state index contributed by atoms with van der Waals surface area (Å²) in [5, 5.41) is 0.616. The molecule has 2 aromatic heterocycles. The van der Waals surface area contributed by atoms with Gasteiger partial charge in [0.25, 0.3) is 5.56 Å². The highest BCUT2D eigenvalue weighted by Gasteiger charge is 2.30. The fourth-order valence-electron chi connectivity index (χ4n) is 6.14. The van der Waals surface area contributed by atoms with Gasteiger partial charge in [-0.05, 0) is 78.9 Å². The molecule has 1 aliphatic rings. The highest BCUT2D eigenvalue weighted by molar-refractivity contribution is 7.98. The number of rotatable bonds is 12. The quantitative estimate of drug-likeness (QED) is 0.0763. The number of nitrogens with zero attached hydrogens (tertiary/aromatic N) is 5. The van der Waals surface area contributed by atoms with E-state index in [9.17, 15) is 22.4 Å². The zero-order chi connectivity index (χ0) is 33.8. The Balaban J connectivity index is 1.31. The zero-order valence-corrected chi connectivity index (χ0v) is 27.8. The minimum Gasteiger partial charge on any atom is -0.325 e. The molecule has 0 N–H and O–H groups in total. The monoisotopic (exact) mass is 675 g/mol. The van der Waals surface area contributed by atoms with Crippen LogP contribution < -0.4 is 5.56 Å². The first kappa shape index (κ1) is 33.7. The van der Waals surface area contributed by atoms with Gasteiger partial charge in [-0.15, -0.1) is 0 Å². The Labute approximate surface area is 281 Å². The molecular formula is C37H37F4N5OS. The van der Waals surface area contributed by atoms with E-state index in [-0.39, 0.29) is 11.4 Å². The maximum absolute atomic E-state index is 13.5. The molecule has 6 nitrogen and oxygen atoms in total. The van der Waals surface area contributed by atoms with Crippen molar-refractivity contribution in [1.82, 2.24) is 24.0 Å². The van der Waals surface area contributed by atoms with E-state index in [1.807, 2.05) is 30.5 Å². The number of benzene rings is 3. The van der Waals surface area contributed by atoms with Crippen molar-refractivity contribution in [1.29, 1.82) is 0 Å². The van der Waals surface area contributed by atoms with Gasteiger partial charge in [-0.1, -0.05) is 74.1 Å². The number of halogens is 4. The Bertz CT molecular complexity index is 1910. The molecule has 0 radical (unpaired) electrons. The van der Waals surface area contributed by atoms with Gasteiger partial charge in [-0.25, -0.2) is 9.37 Å². The number of aromatic nitrogens is 4. The lowest BCUT2D eigenvalue weighted by atomic mass is 10.0. The SMILES string of the molecule is CCN(CC)Cc1cnc(Cn2c(SCc3ccc(F)cc3)nc(=O)c3c2CCC3)n1Cc1ccc(-c2ccc(C(F)(F)F)cc2)cc1. The normalized spacial score (nSPS) is 13.0. The first-order valence-electron chi connectivity index (χ1n) is 16.1. The van der Waals surface area contributed by atoms with Gasteiger partial charge in [-0.3, -0.25) is 9.69 Å². The van der Waals surface area contributed by atoms with Crippen LogP contribution in [0.4, 0.5) is 17.6 Å². The molecule has 0 unspecified atom stereocenters. The van der Waals surface area contributed by atoms with Crippen LogP contribution in [-0.4, -0.2) is 37.1 Å². The van der Waals surface area contributed by atoms with Crippen LogP contribution in [0.25, 0.3) is 11.1 Å². The van der Waals surface area contributed by atoms with Gasteiger partial charge < -0.3 is 9.13 Å². The highest BCUT2D eigenvalue weighted by atomic mass is 32.2. The second kappa shape index (κ2) is 14.5. The van der Waals surface area contributed by atoms with Crippen LogP contribution in [0.5, 0.6) is 0 Å². The fraction of sp³-hybridized carbons (Fsp3) is 0.324. The Kier molecular flexibility index (Phi) is 10.2. The summed E-state index contributed by atoms with van der Waals surface area (Å²) in [4.78, 5) is 24.8. The van der Waals surface area contributed by atoms with E-state index >= 15 is 0 Å². The van der Waals surface area contributed by atoms with Gasteiger partial charge in [-0.2, -0.15) is 18.2 Å². The van der Waals surface area contributed by atoms with E-state index in [1.165, 1.54) is 36.0 Å². The molecule has 11 heteroatoms. The Morgan fingerprint density at radius 3 is 2.12 bits per heavy atom. The van der Waals surface area contributed by atoms with Crippen molar-refractivity contribution in [3.05, 3.63) is 135 Å². The minimum atomic E-state index is -4.37. The van der Waals surface area contributed by atoms with Crippen LogP contribution in [0, 0.1) is 5.82 Å². The fourth-order valence-corrected chi connectivity index (χ4v) is 7.11. The molecular weight excluding hydrogens is 639 g/mol. The summed E-state index contributed by atoms with van der Waals surface area (Å²) in [7, 11) is 0. The van der Waals surface area contributed by atoms with Crippen LogP contribution >= 0.6 is 11.8 Å². The summed E-state index contributed by atoms with van der Waals surface area (Å²) in [5.41, 5.74) is 5.48. The molecule has 250 valence electrons. The van der Waals surface area contributed by atoms with Gasteiger partial charge in [0.2, 0.25) is 0 Å². The van der Waals surface area contributed by atoms with E-state index in [0.717, 1.165) is 84.1 Å². The maximum atomic E-state index is 13.5. The van der Waals surface area contributed by atoms with E-state index in [2.05, 4.69) is 32.9 Å². The van der Waals surface area contributed by atoms with Crippen molar-refractivity contribution in [3.63, 3.8) is 0 Å². The van der Waals surface area contributed by atoms with E-state index in [0.29, 0.717) is 36.0 Å². The Hall–Kier alpha value is -4.22. The first-order chi connectivity index (χ1) is 23.1. The van der Waals surface area contributed by atoms with Crippen LogP contribution in [0.2, 0.25) is 0 Å². The van der Waals surface area contributed by atoms with Gasteiger partial charge in [0.15, 0.2) is 5.16 Å². The highest BCUT2D eigenvalue weighted by Crippen LogP contribution is 2.32. The molecule has 0 fully saturated rings. The summed E-state index contributed by atoms with van der Waals surface area (Å²) in [6, 6.07) is 19.4. The van der Waals surface area contributed by atoms with Crippen molar-refractivity contribution in [3.8, 4) is 11.1 Å². The minimum absolute atomic E-state index is 0.181. The lowest BCUT2D eigenvalue weighted by Crippen LogP contribution is -2.25. The molecule has 0 bridgehead atoms.